The van der Waals surface area contributed by atoms with Crippen molar-refractivity contribution in [2.45, 2.75) is 0 Å². The lowest BCUT2D eigenvalue weighted by Gasteiger charge is -2.10. The standard InChI is InChI=1S/C14H10Cl2FNO3S/c1-22(20,21)18-14(19)10-4-3-9(17)7-11(10)8-2-5-12(15)13(16)6-8/h2-7H,1H3,(H,18,19). The number of rotatable bonds is 3. The fourth-order valence-corrected chi connectivity index (χ4v) is 2.59. The van der Waals surface area contributed by atoms with Gasteiger partial charge in [-0.3, -0.25) is 4.79 Å². The molecule has 0 heterocycles. The zero-order valence-electron chi connectivity index (χ0n) is 11.2. The molecule has 2 aromatic carbocycles. The van der Waals surface area contributed by atoms with E-state index in [1.165, 1.54) is 18.2 Å². The van der Waals surface area contributed by atoms with E-state index in [-0.39, 0.29) is 16.1 Å². The van der Waals surface area contributed by atoms with E-state index in [0.29, 0.717) is 10.6 Å². The maximum Gasteiger partial charge on any atom is 0.265 e. The Morgan fingerprint density at radius 3 is 2.36 bits per heavy atom. The Bertz CT molecular complexity index is 853. The van der Waals surface area contributed by atoms with Crippen molar-refractivity contribution in [3.05, 3.63) is 57.8 Å². The summed E-state index contributed by atoms with van der Waals surface area (Å²) in [5, 5.41) is 0.543. The molecule has 0 radical (unpaired) electrons. The first kappa shape index (κ1) is 16.7. The van der Waals surface area contributed by atoms with Crippen molar-refractivity contribution in [2.24, 2.45) is 0 Å². The first-order chi connectivity index (χ1) is 10.2. The Balaban J connectivity index is 2.57. The molecular formula is C14H10Cl2FNO3S. The van der Waals surface area contributed by atoms with Crippen LogP contribution in [0.3, 0.4) is 0 Å². The highest BCUT2D eigenvalue weighted by Gasteiger charge is 2.17. The normalized spacial score (nSPS) is 11.3. The summed E-state index contributed by atoms with van der Waals surface area (Å²) in [6, 6.07) is 7.92. The van der Waals surface area contributed by atoms with Gasteiger partial charge in [-0.05, 0) is 41.5 Å². The molecule has 22 heavy (non-hydrogen) atoms. The largest absolute Gasteiger partial charge is 0.268 e. The quantitative estimate of drug-likeness (QED) is 0.909. The van der Waals surface area contributed by atoms with Gasteiger partial charge in [0.05, 0.1) is 16.3 Å². The van der Waals surface area contributed by atoms with Gasteiger partial charge >= 0.3 is 0 Å². The summed E-state index contributed by atoms with van der Waals surface area (Å²) < 4.78 is 37.7. The summed E-state index contributed by atoms with van der Waals surface area (Å²) in [4.78, 5) is 12.0. The molecule has 0 bridgehead atoms. The first-order valence-electron chi connectivity index (χ1n) is 5.94. The first-order valence-corrected chi connectivity index (χ1v) is 8.59. The summed E-state index contributed by atoms with van der Waals surface area (Å²) in [6.45, 7) is 0. The smallest absolute Gasteiger partial charge is 0.265 e. The molecule has 0 unspecified atom stereocenters. The molecule has 0 saturated carbocycles. The van der Waals surface area contributed by atoms with Crippen LogP contribution in [0.2, 0.25) is 10.0 Å². The van der Waals surface area contributed by atoms with Crippen molar-refractivity contribution in [3.63, 3.8) is 0 Å². The SMILES string of the molecule is CS(=O)(=O)NC(=O)c1ccc(F)cc1-c1ccc(Cl)c(Cl)c1. The number of amides is 1. The van der Waals surface area contributed by atoms with Crippen molar-refractivity contribution in [1.82, 2.24) is 4.72 Å². The Morgan fingerprint density at radius 1 is 1.09 bits per heavy atom. The molecule has 0 aliphatic carbocycles. The maximum atomic E-state index is 13.5. The predicted octanol–water partition coefficient (Wildman–Crippen LogP) is 3.49. The van der Waals surface area contributed by atoms with Crippen molar-refractivity contribution in [3.8, 4) is 11.1 Å². The van der Waals surface area contributed by atoms with Gasteiger partial charge in [0.1, 0.15) is 5.82 Å². The molecule has 0 aliphatic rings. The third-order valence-electron chi connectivity index (χ3n) is 2.73. The van der Waals surface area contributed by atoms with Crippen LogP contribution < -0.4 is 4.72 Å². The van der Waals surface area contributed by atoms with Crippen molar-refractivity contribution < 1.29 is 17.6 Å². The van der Waals surface area contributed by atoms with E-state index in [1.54, 1.807) is 6.07 Å². The van der Waals surface area contributed by atoms with Crippen LogP contribution in [0.15, 0.2) is 36.4 Å². The van der Waals surface area contributed by atoms with E-state index in [0.717, 1.165) is 18.4 Å². The fourth-order valence-electron chi connectivity index (χ4n) is 1.84. The number of nitrogens with one attached hydrogen (secondary N) is 1. The minimum atomic E-state index is -3.74. The van der Waals surface area contributed by atoms with Crippen LogP contribution in [-0.4, -0.2) is 20.6 Å². The second kappa shape index (κ2) is 6.24. The second-order valence-corrected chi connectivity index (χ2v) is 7.09. The van der Waals surface area contributed by atoms with Gasteiger partial charge in [-0.25, -0.2) is 17.5 Å². The lowest BCUT2D eigenvalue weighted by atomic mass is 9.99. The molecule has 8 heteroatoms. The minimum absolute atomic E-state index is 0.00483. The van der Waals surface area contributed by atoms with Crippen LogP contribution in [0, 0.1) is 5.82 Å². The molecule has 0 aliphatic heterocycles. The van der Waals surface area contributed by atoms with E-state index in [4.69, 9.17) is 23.2 Å². The van der Waals surface area contributed by atoms with Gasteiger partial charge in [0.25, 0.3) is 5.91 Å². The third-order valence-corrected chi connectivity index (χ3v) is 4.03. The van der Waals surface area contributed by atoms with Crippen molar-refractivity contribution >= 4 is 39.1 Å². The average Bonchev–Trinajstić information content (AvgIpc) is 2.39. The summed E-state index contributed by atoms with van der Waals surface area (Å²) in [5.74, 6) is -1.43. The highest BCUT2D eigenvalue weighted by atomic mass is 35.5. The zero-order valence-corrected chi connectivity index (χ0v) is 13.6. The third kappa shape index (κ3) is 3.97. The summed E-state index contributed by atoms with van der Waals surface area (Å²) in [7, 11) is -3.74. The predicted molar refractivity (Wildman–Crippen MR) is 84.2 cm³/mol. The molecule has 2 rings (SSSR count). The van der Waals surface area contributed by atoms with Crippen LogP contribution in [0.4, 0.5) is 4.39 Å². The highest BCUT2D eigenvalue weighted by Crippen LogP contribution is 2.31. The number of hydrogen-bond acceptors (Lipinski definition) is 3. The molecular weight excluding hydrogens is 352 g/mol. The molecule has 0 saturated heterocycles. The fraction of sp³-hybridized carbons (Fsp3) is 0.0714. The highest BCUT2D eigenvalue weighted by molar-refractivity contribution is 7.89. The van der Waals surface area contributed by atoms with Crippen LogP contribution >= 0.6 is 23.2 Å². The van der Waals surface area contributed by atoms with E-state index in [1.807, 2.05) is 4.72 Å². The zero-order chi connectivity index (χ0) is 16.5. The molecule has 4 nitrogen and oxygen atoms in total. The second-order valence-electron chi connectivity index (χ2n) is 4.52. The van der Waals surface area contributed by atoms with E-state index >= 15 is 0 Å². The molecule has 1 N–H and O–H groups in total. The minimum Gasteiger partial charge on any atom is -0.268 e. The van der Waals surface area contributed by atoms with Gasteiger partial charge in [-0.15, -0.1) is 0 Å². The molecule has 0 aromatic heterocycles. The van der Waals surface area contributed by atoms with Gasteiger partial charge < -0.3 is 0 Å². The molecule has 2 aromatic rings. The summed E-state index contributed by atoms with van der Waals surface area (Å²) in [6.07, 6.45) is 0.854. The van der Waals surface area contributed by atoms with E-state index in [2.05, 4.69) is 0 Å². The number of hydrogen-bond donors (Lipinski definition) is 1. The number of carbonyl (C=O) groups excluding carboxylic acids is 1. The van der Waals surface area contributed by atoms with Crippen molar-refractivity contribution in [1.29, 1.82) is 0 Å². The van der Waals surface area contributed by atoms with E-state index < -0.39 is 21.7 Å². The lowest BCUT2D eigenvalue weighted by molar-refractivity contribution is 0.0982. The van der Waals surface area contributed by atoms with Gasteiger partial charge in [-0.2, -0.15) is 0 Å². The van der Waals surface area contributed by atoms with Crippen LogP contribution in [0.25, 0.3) is 11.1 Å². The van der Waals surface area contributed by atoms with Crippen molar-refractivity contribution in [2.75, 3.05) is 6.26 Å². The molecule has 0 spiro atoms. The summed E-state index contributed by atoms with van der Waals surface area (Å²) in [5.41, 5.74) is 0.650. The monoisotopic (exact) mass is 361 g/mol. The number of halogens is 3. The van der Waals surface area contributed by atoms with Gasteiger partial charge in [0.2, 0.25) is 10.0 Å². The molecule has 116 valence electrons. The van der Waals surface area contributed by atoms with Gasteiger partial charge in [0, 0.05) is 5.56 Å². The van der Waals surface area contributed by atoms with Gasteiger partial charge in [-0.1, -0.05) is 29.3 Å². The Morgan fingerprint density at radius 2 is 1.77 bits per heavy atom. The number of benzene rings is 2. The maximum absolute atomic E-state index is 13.5. The molecule has 0 fully saturated rings. The van der Waals surface area contributed by atoms with Gasteiger partial charge in [0.15, 0.2) is 0 Å². The molecule has 0 atom stereocenters. The Labute approximate surface area is 136 Å². The Kier molecular flexibility index (Phi) is 4.75. The van der Waals surface area contributed by atoms with Crippen LogP contribution in [0.5, 0.6) is 0 Å². The average molecular weight is 362 g/mol. The Hall–Kier alpha value is -1.63. The number of sulfonamides is 1. The van der Waals surface area contributed by atoms with E-state index in [9.17, 15) is 17.6 Å². The molecule has 1 amide bonds. The summed E-state index contributed by atoms with van der Waals surface area (Å²) >= 11 is 11.7. The topological polar surface area (TPSA) is 63.2 Å². The number of carbonyl (C=O) groups is 1. The lowest BCUT2D eigenvalue weighted by Crippen LogP contribution is -2.29. The van der Waals surface area contributed by atoms with Crippen LogP contribution in [0.1, 0.15) is 10.4 Å². The van der Waals surface area contributed by atoms with Crippen LogP contribution in [-0.2, 0) is 10.0 Å².